The quantitative estimate of drug-likeness (QED) is 0.159. The van der Waals surface area contributed by atoms with Crippen molar-refractivity contribution < 1.29 is 19.1 Å². The lowest BCUT2D eigenvalue weighted by Gasteiger charge is -2.34. The van der Waals surface area contributed by atoms with Crippen molar-refractivity contribution in [2.24, 2.45) is 0 Å². The summed E-state index contributed by atoms with van der Waals surface area (Å²) in [5, 5.41) is 7.42. The van der Waals surface area contributed by atoms with E-state index in [-0.39, 0.29) is 24.3 Å². The summed E-state index contributed by atoms with van der Waals surface area (Å²) >= 11 is 0. The van der Waals surface area contributed by atoms with Crippen molar-refractivity contribution in [3.63, 3.8) is 0 Å². The highest BCUT2D eigenvalue weighted by molar-refractivity contribution is 6.03. The first-order valence-electron chi connectivity index (χ1n) is 17.4. The predicted octanol–water partition coefficient (Wildman–Crippen LogP) is 9.18. The number of ether oxygens (including phenoxy) is 2. The zero-order chi connectivity index (χ0) is 35.5. The Kier molecular flexibility index (Phi) is 9.36. The third-order valence-corrected chi connectivity index (χ3v) is 9.03. The van der Waals surface area contributed by atoms with Crippen LogP contribution in [0.15, 0.2) is 103 Å². The number of carbonyl (C=O) groups excluding carboxylic acids is 2. The van der Waals surface area contributed by atoms with Crippen LogP contribution in [0.4, 0.5) is 10.7 Å². The van der Waals surface area contributed by atoms with Crippen LogP contribution in [-0.4, -0.2) is 56.5 Å². The molecule has 3 heterocycles. The number of fused-ring (bicyclic) bond motifs is 2. The van der Waals surface area contributed by atoms with Gasteiger partial charge in [-0.25, -0.2) is 19.7 Å². The monoisotopic (exact) mass is 679 g/mol. The number of ketones is 1. The minimum absolute atomic E-state index is 0.0215. The highest BCUT2D eigenvalue weighted by atomic mass is 16.6. The molecular weight excluding hydrogens is 638 g/mol. The summed E-state index contributed by atoms with van der Waals surface area (Å²) in [7, 11) is 0. The van der Waals surface area contributed by atoms with E-state index in [0.29, 0.717) is 47.5 Å². The van der Waals surface area contributed by atoms with E-state index in [2.05, 4.69) is 21.4 Å². The van der Waals surface area contributed by atoms with Gasteiger partial charge in [0.05, 0.1) is 11.3 Å². The van der Waals surface area contributed by atoms with Gasteiger partial charge < -0.3 is 19.7 Å². The topological polar surface area (TPSA) is 107 Å². The smallest absolute Gasteiger partial charge is 0.410 e. The summed E-state index contributed by atoms with van der Waals surface area (Å²) in [6.07, 6.45) is 5.08. The van der Waals surface area contributed by atoms with Gasteiger partial charge in [0, 0.05) is 48.9 Å². The van der Waals surface area contributed by atoms with E-state index in [1.165, 1.54) is 0 Å². The average Bonchev–Trinajstić information content (AvgIpc) is 3.12. The van der Waals surface area contributed by atoms with E-state index in [4.69, 9.17) is 14.5 Å². The molecule has 4 aromatic carbocycles. The molecule has 1 fully saturated rings. The van der Waals surface area contributed by atoms with Gasteiger partial charge in [-0.15, -0.1) is 0 Å². The van der Waals surface area contributed by atoms with Crippen LogP contribution in [0.2, 0.25) is 0 Å². The molecule has 0 aliphatic carbocycles. The molecule has 258 valence electrons. The third-order valence-electron chi connectivity index (χ3n) is 9.03. The molecule has 51 heavy (non-hydrogen) atoms. The molecule has 0 unspecified atom stereocenters. The molecule has 0 radical (unpaired) electrons. The van der Waals surface area contributed by atoms with Gasteiger partial charge >= 0.3 is 6.09 Å². The SMILES string of the molecule is Cc1ccc2c(CC(=O)c3ccc4ccccc4c3)cccc2c1Oc1ncccc1-c1ccnc(N[C@H]2CCCN(C(=O)OC(C)(C)C)C2)n1. The van der Waals surface area contributed by atoms with Crippen LogP contribution in [0.5, 0.6) is 11.6 Å². The average molecular weight is 680 g/mol. The van der Waals surface area contributed by atoms with Crippen molar-refractivity contribution in [1.29, 1.82) is 0 Å². The molecule has 9 heteroatoms. The molecule has 0 spiro atoms. The number of Topliss-reactive ketones (excluding diaryl/α,β-unsaturated/α-hetero) is 1. The van der Waals surface area contributed by atoms with Crippen LogP contribution in [-0.2, 0) is 11.2 Å². The lowest BCUT2D eigenvalue weighted by Crippen LogP contribution is -2.47. The standard InChI is InChI=1S/C42H41N5O4/c1-27-16-19-33-30(25-37(48)31-18-17-28-10-5-6-11-29(28)24-31)12-7-14-34(33)38(27)50-39-35(15-8-21-43-39)36-20-22-44-40(46-36)45-32-13-9-23-47(26-32)41(49)51-42(2,3)4/h5-8,10-12,14-22,24,32H,9,13,23,25-26H2,1-4H3,(H,44,45,46)/t32-/m0/s1. The number of carbonyl (C=O) groups is 2. The number of anilines is 1. The lowest BCUT2D eigenvalue weighted by atomic mass is 9.95. The van der Waals surface area contributed by atoms with E-state index >= 15 is 0 Å². The molecule has 1 aliphatic heterocycles. The molecule has 6 aromatic rings. The number of likely N-dealkylation sites (tertiary alicyclic amines) is 1. The van der Waals surface area contributed by atoms with Gasteiger partial charge in [0.25, 0.3) is 0 Å². The predicted molar refractivity (Wildman–Crippen MR) is 200 cm³/mol. The first-order valence-corrected chi connectivity index (χ1v) is 17.4. The summed E-state index contributed by atoms with van der Waals surface area (Å²) in [6.45, 7) is 8.77. The van der Waals surface area contributed by atoms with E-state index in [0.717, 1.165) is 45.5 Å². The largest absolute Gasteiger partial charge is 0.444 e. The van der Waals surface area contributed by atoms with Gasteiger partial charge in [-0.3, -0.25) is 4.79 Å². The van der Waals surface area contributed by atoms with Crippen LogP contribution in [0.25, 0.3) is 32.8 Å². The Morgan fingerprint density at radius 2 is 1.73 bits per heavy atom. The number of aromatic nitrogens is 3. The number of nitrogens with one attached hydrogen (secondary N) is 1. The Morgan fingerprint density at radius 1 is 0.882 bits per heavy atom. The summed E-state index contributed by atoms with van der Waals surface area (Å²) in [5.41, 5.74) is 3.36. The Balaban J connectivity index is 1.12. The Labute approximate surface area is 297 Å². The van der Waals surface area contributed by atoms with Crippen molar-refractivity contribution in [2.45, 2.75) is 58.6 Å². The lowest BCUT2D eigenvalue weighted by molar-refractivity contribution is 0.0206. The highest BCUT2D eigenvalue weighted by Gasteiger charge is 2.28. The molecule has 2 aromatic heterocycles. The van der Waals surface area contributed by atoms with Gasteiger partial charge in [-0.1, -0.05) is 66.7 Å². The van der Waals surface area contributed by atoms with E-state index in [1.54, 1.807) is 17.3 Å². The second-order valence-corrected chi connectivity index (χ2v) is 14.0. The number of piperidine rings is 1. The molecule has 1 N–H and O–H groups in total. The van der Waals surface area contributed by atoms with Gasteiger partial charge in [0.15, 0.2) is 5.78 Å². The van der Waals surface area contributed by atoms with E-state index < -0.39 is 5.60 Å². The van der Waals surface area contributed by atoms with Gasteiger partial charge in [0.2, 0.25) is 11.8 Å². The molecule has 1 amide bonds. The molecular formula is C42H41N5O4. The molecule has 0 saturated carbocycles. The minimum atomic E-state index is -0.553. The van der Waals surface area contributed by atoms with Gasteiger partial charge in [-0.2, -0.15) is 0 Å². The number of aryl methyl sites for hydroxylation is 1. The fourth-order valence-electron chi connectivity index (χ4n) is 6.54. The van der Waals surface area contributed by atoms with Crippen molar-refractivity contribution in [3.05, 3.63) is 120 Å². The first kappa shape index (κ1) is 33.7. The van der Waals surface area contributed by atoms with Crippen molar-refractivity contribution in [1.82, 2.24) is 19.9 Å². The summed E-state index contributed by atoms with van der Waals surface area (Å²) in [6, 6.07) is 29.6. The first-order chi connectivity index (χ1) is 24.6. The Morgan fingerprint density at radius 3 is 2.57 bits per heavy atom. The third kappa shape index (κ3) is 7.67. The number of hydrogen-bond donors (Lipinski definition) is 1. The summed E-state index contributed by atoms with van der Waals surface area (Å²) < 4.78 is 12.2. The maximum atomic E-state index is 13.5. The fraction of sp³-hybridized carbons (Fsp3) is 0.262. The molecule has 9 nitrogen and oxygen atoms in total. The van der Waals surface area contributed by atoms with E-state index in [1.807, 2.05) is 113 Å². The molecule has 1 saturated heterocycles. The van der Waals surface area contributed by atoms with Crippen molar-refractivity contribution >= 4 is 39.4 Å². The summed E-state index contributed by atoms with van der Waals surface area (Å²) in [4.78, 5) is 41.9. The molecule has 7 rings (SSSR count). The second kappa shape index (κ2) is 14.2. The van der Waals surface area contributed by atoms with Crippen LogP contribution < -0.4 is 10.1 Å². The number of benzene rings is 4. The normalized spacial score (nSPS) is 14.7. The van der Waals surface area contributed by atoms with E-state index in [9.17, 15) is 9.59 Å². The minimum Gasteiger partial charge on any atom is -0.444 e. The Hall–Kier alpha value is -5.83. The van der Waals surface area contributed by atoms with Crippen LogP contribution in [0.1, 0.15) is 55.1 Å². The van der Waals surface area contributed by atoms with Gasteiger partial charge in [0.1, 0.15) is 11.4 Å². The zero-order valence-electron chi connectivity index (χ0n) is 29.3. The van der Waals surface area contributed by atoms with Crippen molar-refractivity contribution in [2.75, 3.05) is 18.4 Å². The van der Waals surface area contributed by atoms with Crippen molar-refractivity contribution in [3.8, 4) is 22.9 Å². The molecule has 0 bridgehead atoms. The molecule has 1 aliphatic rings. The molecule has 1 atom stereocenters. The highest BCUT2D eigenvalue weighted by Crippen LogP contribution is 2.38. The van der Waals surface area contributed by atoms with Crippen LogP contribution in [0, 0.1) is 6.92 Å². The van der Waals surface area contributed by atoms with Crippen LogP contribution >= 0.6 is 0 Å². The fourth-order valence-corrected chi connectivity index (χ4v) is 6.54. The number of pyridine rings is 1. The second-order valence-electron chi connectivity index (χ2n) is 14.0. The maximum absolute atomic E-state index is 13.5. The van der Waals surface area contributed by atoms with Gasteiger partial charge in [-0.05, 0) is 92.1 Å². The number of rotatable bonds is 8. The van der Waals surface area contributed by atoms with Crippen LogP contribution in [0.3, 0.4) is 0 Å². The zero-order valence-corrected chi connectivity index (χ0v) is 29.3. The number of hydrogen-bond acceptors (Lipinski definition) is 8. The maximum Gasteiger partial charge on any atom is 0.410 e. The summed E-state index contributed by atoms with van der Waals surface area (Å²) in [5.74, 6) is 1.59. The number of amides is 1. The number of nitrogens with zero attached hydrogens (tertiary/aromatic N) is 4. The Bertz CT molecular complexity index is 2250.